The van der Waals surface area contributed by atoms with Crippen LogP contribution in [0.3, 0.4) is 0 Å². The highest BCUT2D eigenvalue weighted by Crippen LogP contribution is 2.28. The number of ether oxygens (including phenoxy) is 2. The Morgan fingerprint density at radius 2 is 1.96 bits per heavy atom. The van der Waals surface area contributed by atoms with Gasteiger partial charge in [0.05, 0.1) is 10.6 Å². The third-order valence-corrected chi connectivity index (χ3v) is 4.82. The van der Waals surface area contributed by atoms with Gasteiger partial charge < -0.3 is 9.47 Å². The zero-order valence-electron chi connectivity index (χ0n) is 13.4. The lowest BCUT2D eigenvalue weighted by Gasteiger charge is -2.16. The molecule has 2 aromatic carbocycles. The van der Waals surface area contributed by atoms with Crippen molar-refractivity contribution in [2.75, 3.05) is 20.2 Å². The van der Waals surface area contributed by atoms with Gasteiger partial charge in [-0.05, 0) is 45.6 Å². The monoisotopic (exact) mass is 375 g/mol. The summed E-state index contributed by atoms with van der Waals surface area (Å²) in [6.45, 7) is 3.65. The van der Waals surface area contributed by atoms with E-state index < -0.39 is 0 Å². The minimum Gasteiger partial charge on any atom is -0.488 e. The van der Waals surface area contributed by atoms with E-state index in [0.29, 0.717) is 12.7 Å². The summed E-state index contributed by atoms with van der Waals surface area (Å²) >= 11 is 3.63. The average molecular weight is 376 g/mol. The number of hydrogen-bond acceptors (Lipinski definition) is 3. The molecule has 0 radical (unpaired) electrons. The van der Waals surface area contributed by atoms with Crippen molar-refractivity contribution in [1.29, 1.82) is 0 Å². The van der Waals surface area contributed by atoms with Crippen molar-refractivity contribution in [3.8, 4) is 5.75 Å². The lowest BCUT2D eigenvalue weighted by atomic mass is 10.2. The number of rotatable bonds is 6. The quantitative estimate of drug-likeness (QED) is 0.753. The van der Waals surface area contributed by atoms with E-state index in [2.05, 4.69) is 45.1 Å². The fourth-order valence-electron chi connectivity index (χ4n) is 2.89. The van der Waals surface area contributed by atoms with Gasteiger partial charge in [-0.1, -0.05) is 36.4 Å². The molecule has 2 aromatic rings. The molecule has 0 unspecified atom stereocenters. The van der Waals surface area contributed by atoms with Gasteiger partial charge in [0, 0.05) is 26.7 Å². The van der Waals surface area contributed by atoms with E-state index in [4.69, 9.17) is 9.47 Å². The van der Waals surface area contributed by atoms with Gasteiger partial charge in [-0.25, -0.2) is 0 Å². The Balaban J connectivity index is 1.57. The molecule has 1 atom stereocenters. The largest absolute Gasteiger partial charge is 0.488 e. The predicted octanol–water partition coefficient (Wildman–Crippen LogP) is 4.25. The molecule has 1 heterocycles. The van der Waals surface area contributed by atoms with Crippen molar-refractivity contribution in [2.45, 2.75) is 25.7 Å². The summed E-state index contributed by atoms with van der Waals surface area (Å²) in [6, 6.07) is 16.6. The van der Waals surface area contributed by atoms with Gasteiger partial charge in [-0.3, -0.25) is 4.90 Å². The van der Waals surface area contributed by atoms with Crippen LogP contribution < -0.4 is 4.74 Å². The summed E-state index contributed by atoms with van der Waals surface area (Å²) in [5, 5.41) is 0. The predicted molar refractivity (Wildman–Crippen MR) is 95.6 cm³/mol. The molecule has 0 aromatic heterocycles. The number of likely N-dealkylation sites (tertiary alicyclic amines) is 1. The van der Waals surface area contributed by atoms with E-state index in [0.717, 1.165) is 36.3 Å². The van der Waals surface area contributed by atoms with Crippen molar-refractivity contribution in [3.05, 3.63) is 64.1 Å². The van der Waals surface area contributed by atoms with Crippen LogP contribution in [-0.4, -0.2) is 31.2 Å². The zero-order chi connectivity index (χ0) is 16.1. The molecule has 1 saturated heterocycles. The van der Waals surface area contributed by atoms with Crippen LogP contribution in [-0.2, 0) is 17.9 Å². The Labute approximate surface area is 146 Å². The van der Waals surface area contributed by atoms with Gasteiger partial charge in [0.15, 0.2) is 0 Å². The second-order valence-electron chi connectivity index (χ2n) is 5.92. The van der Waals surface area contributed by atoms with Crippen molar-refractivity contribution >= 4 is 15.9 Å². The highest BCUT2D eigenvalue weighted by molar-refractivity contribution is 9.10. The minimum absolute atomic E-state index is 0.381. The Bertz CT molecular complexity index is 633. The summed E-state index contributed by atoms with van der Waals surface area (Å²) in [4.78, 5) is 2.43. The van der Waals surface area contributed by atoms with E-state index in [-0.39, 0.29) is 0 Å². The van der Waals surface area contributed by atoms with Gasteiger partial charge in [0.1, 0.15) is 12.4 Å². The second-order valence-corrected chi connectivity index (χ2v) is 6.77. The van der Waals surface area contributed by atoms with Crippen LogP contribution in [0.5, 0.6) is 5.75 Å². The van der Waals surface area contributed by atoms with Gasteiger partial charge in [0.25, 0.3) is 0 Å². The normalized spacial score (nSPS) is 18.3. The maximum absolute atomic E-state index is 5.90. The third-order valence-electron chi connectivity index (χ3n) is 4.20. The molecular formula is C19H22BrNO2. The molecule has 0 bridgehead atoms. The summed E-state index contributed by atoms with van der Waals surface area (Å²) in [5.74, 6) is 0.883. The van der Waals surface area contributed by atoms with Crippen LogP contribution in [0.15, 0.2) is 53.0 Å². The molecule has 1 aliphatic rings. The Morgan fingerprint density at radius 1 is 1.13 bits per heavy atom. The molecule has 0 aliphatic carbocycles. The van der Waals surface area contributed by atoms with Crippen molar-refractivity contribution < 1.29 is 9.47 Å². The molecule has 0 amide bonds. The molecule has 3 nitrogen and oxygen atoms in total. The molecule has 1 aliphatic heterocycles. The highest BCUT2D eigenvalue weighted by Gasteiger charge is 2.21. The molecule has 0 N–H and O–H groups in total. The summed E-state index contributed by atoms with van der Waals surface area (Å²) < 4.78 is 12.3. The van der Waals surface area contributed by atoms with Gasteiger partial charge in [0.2, 0.25) is 0 Å². The summed E-state index contributed by atoms with van der Waals surface area (Å²) in [5.41, 5.74) is 2.46. The minimum atomic E-state index is 0.381. The van der Waals surface area contributed by atoms with Crippen LogP contribution in [0, 0.1) is 0 Å². The van der Waals surface area contributed by atoms with E-state index in [1.165, 1.54) is 11.1 Å². The molecule has 23 heavy (non-hydrogen) atoms. The third kappa shape index (κ3) is 4.56. The van der Waals surface area contributed by atoms with Crippen LogP contribution in [0.1, 0.15) is 17.5 Å². The summed E-state index contributed by atoms with van der Waals surface area (Å²) in [7, 11) is 1.80. The van der Waals surface area contributed by atoms with Crippen LogP contribution in [0.4, 0.5) is 0 Å². The molecule has 3 rings (SSSR count). The van der Waals surface area contributed by atoms with E-state index in [1.54, 1.807) is 7.11 Å². The molecular weight excluding hydrogens is 354 g/mol. The van der Waals surface area contributed by atoms with Crippen LogP contribution >= 0.6 is 15.9 Å². The second kappa shape index (κ2) is 7.95. The fraction of sp³-hybridized carbons (Fsp3) is 0.368. The SMILES string of the molecule is CO[C@H]1CCN(Cc2ccc(OCc3ccccc3)c(Br)c2)C1. The average Bonchev–Trinajstić information content (AvgIpc) is 3.03. The van der Waals surface area contributed by atoms with E-state index in [9.17, 15) is 0 Å². The number of halogens is 1. The van der Waals surface area contributed by atoms with Gasteiger partial charge in [-0.2, -0.15) is 0 Å². The lowest BCUT2D eigenvalue weighted by molar-refractivity contribution is 0.107. The van der Waals surface area contributed by atoms with Crippen LogP contribution in [0.2, 0.25) is 0 Å². The maximum atomic E-state index is 5.90. The van der Waals surface area contributed by atoms with E-state index in [1.807, 2.05) is 24.3 Å². The van der Waals surface area contributed by atoms with Gasteiger partial charge >= 0.3 is 0 Å². The first-order valence-corrected chi connectivity index (χ1v) is 8.74. The van der Waals surface area contributed by atoms with E-state index >= 15 is 0 Å². The standard InChI is InChI=1S/C19H22BrNO2/c1-22-17-9-10-21(13-17)12-16-7-8-19(18(20)11-16)23-14-15-5-3-2-4-6-15/h2-8,11,17H,9-10,12-14H2,1H3/t17-/m0/s1. The zero-order valence-corrected chi connectivity index (χ0v) is 15.0. The first-order chi connectivity index (χ1) is 11.2. The van der Waals surface area contributed by atoms with Crippen molar-refractivity contribution in [3.63, 3.8) is 0 Å². The maximum Gasteiger partial charge on any atom is 0.134 e. The lowest BCUT2D eigenvalue weighted by Crippen LogP contribution is -2.22. The Morgan fingerprint density at radius 3 is 2.65 bits per heavy atom. The molecule has 122 valence electrons. The summed E-state index contributed by atoms with van der Waals surface area (Å²) in [6.07, 6.45) is 1.50. The fourth-order valence-corrected chi connectivity index (χ4v) is 3.43. The Kier molecular flexibility index (Phi) is 5.70. The van der Waals surface area contributed by atoms with Crippen molar-refractivity contribution in [1.82, 2.24) is 4.90 Å². The molecule has 0 spiro atoms. The van der Waals surface area contributed by atoms with Gasteiger partial charge in [-0.15, -0.1) is 0 Å². The first-order valence-electron chi connectivity index (χ1n) is 7.95. The first kappa shape index (κ1) is 16.5. The topological polar surface area (TPSA) is 21.7 Å². The molecule has 0 saturated carbocycles. The highest BCUT2D eigenvalue weighted by atomic mass is 79.9. The van der Waals surface area contributed by atoms with Crippen LogP contribution in [0.25, 0.3) is 0 Å². The number of methoxy groups -OCH3 is 1. The van der Waals surface area contributed by atoms with Crippen molar-refractivity contribution in [2.24, 2.45) is 0 Å². The molecule has 1 fully saturated rings. The Hall–Kier alpha value is -1.36. The number of hydrogen-bond donors (Lipinski definition) is 0. The number of benzene rings is 2. The number of nitrogens with zero attached hydrogens (tertiary/aromatic N) is 1. The smallest absolute Gasteiger partial charge is 0.134 e. The molecule has 4 heteroatoms.